The highest BCUT2D eigenvalue weighted by Crippen LogP contribution is 2.16. The molecule has 2 rings (SSSR count). The van der Waals surface area contributed by atoms with Crippen molar-refractivity contribution < 1.29 is 0 Å². The van der Waals surface area contributed by atoms with E-state index in [1.807, 2.05) is 0 Å². The summed E-state index contributed by atoms with van der Waals surface area (Å²) in [7, 11) is 0. The lowest BCUT2D eigenvalue weighted by Gasteiger charge is -2.34. The summed E-state index contributed by atoms with van der Waals surface area (Å²) < 4.78 is 0. The molecule has 11 heavy (non-hydrogen) atoms. The maximum absolute atomic E-state index is 3.45. The molecule has 0 aliphatic carbocycles. The Hall–Kier alpha value is -0.340. The summed E-state index contributed by atoms with van der Waals surface area (Å²) in [5.74, 6) is 0. The van der Waals surface area contributed by atoms with Gasteiger partial charge in [-0.1, -0.05) is 12.2 Å². The predicted octanol–water partition coefficient (Wildman–Crippen LogP) is 1.31. The van der Waals surface area contributed by atoms with Crippen LogP contribution >= 0.6 is 0 Å². The summed E-state index contributed by atoms with van der Waals surface area (Å²) in [6.07, 6.45) is 9.81. The van der Waals surface area contributed by atoms with E-state index in [2.05, 4.69) is 22.6 Å². The molecule has 0 saturated carbocycles. The molecule has 62 valence electrons. The number of rotatable bonds is 0. The van der Waals surface area contributed by atoms with Crippen LogP contribution in [0.25, 0.3) is 0 Å². The van der Waals surface area contributed by atoms with Crippen molar-refractivity contribution >= 4 is 0 Å². The predicted molar refractivity (Wildman–Crippen MR) is 46.1 cm³/mol. The van der Waals surface area contributed by atoms with Crippen molar-refractivity contribution in [1.82, 2.24) is 10.4 Å². The van der Waals surface area contributed by atoms with Crippen LogP contribution in [-0.2, 0) is 0 Å². The third-order valence-corrected chi connectivity index (χ3v) is 2.58. The normalized spacial score (nSPS) is 32.9. The molecule has 0 aromatic rings. The van der Waals surface area contributed by atoms with Gasteiger partial charge in [0.05, 0.1) is 0 Å². The lowest BCUT2D eigenvalue weighted by Crippen LogP contribution is -2.49. The monoisotopic (exact) mass is 152 g/mol. The van der Waals surface area contributed by atoms with Crippen LogP contribution < -0.4 is 5.43 Å². The fraction of sp³-hybridized carbons (Fsp3) is 0.778. The van der Waals surface area contributed by atoms with Gasteiger partial charge >= 0.3 is 0 Å². The third kappa shape index (κ3) is 1.63. The molecule has 0 bridgehead atoms. The molecule has 2 aliphatic heterocycles. The first-order valence-electron chi connectivity index (χ1n) is 4.62. The van der Waals surface area contributed by atoms with Gasteiger partial charge in [0.15, 0.2) is 0 Å². The molecule has 1 atom stereocenters. The van der Waals surface area contributed by atoms with E-state index >= 15 is 0 Å². The van der Waals surface area contributed by atoms with Gasteiger partial charge in [0.2, 0.25) is 0 Å². The van der Waals surface area contributed by atoms with Gasteiger partial charge in [-0.2, -0.15) is 0 Å². The molecule has 1 unspecified atom stereocenters. The van der Waals surface area contributed by atoms with Crippen LogP contribution in [0.3, 0.4) is 0 Å². The summed E-state index contributed by atoms with van der Waals surface area (Å²) in [5.41, 5.74) is 3.45. The number of nitrogens with zero attached hydrogens (tertiary/aromatic N) is 1. The molecule has 0 aromatic heterocycles. The van der Waals surface area contributed by atoms with Crippen LogP contribution in [0.4, 0.5) is 0 Å². The van der Waals surface area contributed by atoms with E-state index in [1.165, 1.54) is 38.8 Å². The van der Waals surface area contributed by atoms with Crippen molar-refractivity contribution in [3.8, 4) is 0 Å². The van der Waals surface area contributed by atoms with Crippen LogP contribution in [0.5, 0.6) is 0 Å². The largest absolute Gasteiger partial charge is 0.255 e. The molecule has 0 amide bonds. The second-order valence-corrected chi connectivity index (χ2v) is 3.39. The minimum atomic E-state index is 0.780. The fourth-order valence-electron chi connectivity index (χ4n) is 1.94. The van der Waals surface area contributed by atoms with Crippen LogP contribution in [0.15, 0.2) is 12.2 Å². The van der Waals surface area contributed by atoms with E-state index in [1.54, 1.807) is 0 Å². The minimum absolute atomic E-state index is 0.780. The topological polar surface area (TPSA) is 15.3 Å². The highest BCUT2D eigenvalue weighted by molar-refractivity contribution is 4.92. The van der Waals surface area contributed by atoms with Gasteiger partial charge in [-0.15, -0.1) is 0 Å². The Balaban J connectivity index is 1.98. The van der Waals surface area contributed by atoms with Gasteiger partial charge in [-0.3, -0.25) is 5.43 Å². The second-order valence-electron chi connectivity index (χ2n) is 3.39. The lowest BCUT2D eigenvalue weighted by atomic mass is 10.1. The van der Waals surface area contributed by atoms with Gasteiger partial charge in [0.1, 0.15) is 0 Å². The Kier molecular flexibility index (Phi) is 2.24. The van der Waals surface area contributed by atoms with E-state index in [0.29, 0.717) is 0 Å². The van der Waals surface area contributed by atoms with Crippen LogP contribution in [0, 0.1) is 0 Å². The first kappa shape index (κ1) is 7.32. The van der Waals surface area contributed by atoms with E-state index < -0.39 is 0 Å². The second kappa shape index (κ2) is 3.37. The van der Waals surface area contributed by atoms with Crippen molar-refractivity contribution in [3.63, 3.8) is 0 Å². The molecule has 0 radical (unpaired) electrons. The first-order valence-corrected chi connectivity index (χ1v) is 4.62. The van der Waals surface area contributed by atoms with E-state index in [0.717, 1.165) is 6.04 Å². The van der Waals surface area contributed by atoms with Gasteiger partial charge < -0.3 is 0 Å². The molecule has 2 nitrogen and oxygen atoms in total. The zero-order chi connectivity index (χ0) is 7.52. The average Bonchev–Trinajstić information content (AvgIpc) is 2.28. The molecule has 1 fully saturated rings. The summed E-state index contributed by atoms with van der Waals surface area (Å²) in [5, 5.41) is 2.42. The van der Waals surface area contributed by atoms with Gasteiger partial charge in [0, 0.05) is 19.1 Å². The standard InChI is InChI=1S/C9H16N2/c1-2-5-9-6-4-7-10-11(9)8-3-1/h1-2,9-10H,3-8H2. The molecule has 2 aliphatic rings. The minimum Gasteiger partial charge on any atom is -0.255 e. The third-order valence-electron chi connectivity index (χ3n) is 2.58. The number of hydrogen-bond donors (Lipinski definition) is 1. The Morgan fingerprint density at radius 3 is 3.36 bits per heavy atom. The summed E-state index contributed by atoms with van der Waals surface area (Å²) in [6.45, 7) is 2.37. The Morgan fingerprint density at radius 2 is 2.36 bits per heavy atom. The molecule has 2 heteroatoms. The van der Waals surface area contributed by atoms with Crippen molar-refractivity contribution in [3.05, 3.63) is 12.2 Å². The van der Waals surface area contributed by atoms with Gasteiger partial charge in [-0.05, 0) is 25.7 Å². The summed E-state index contributed by atoms with van der Waals surface area (Å²) >= 11 is 0. The molecule has 0 spiro atoms. The maximum atomic E-state index is 3.45. The smallest absolute Gasteiger partial charge is 0.0278 e. The maximum Gasteiger partial charge on any atom is 0.0278 e. The molecule has 1 saturated heterocycles. The fourth-order valence-corrected chi connectivity index (χ4v) is 1.94. The Labute approximate surface area is 68.2 Å². The van der Waals surface area contributed by atoms with Crippen LogP contribution in [0.2, 0.25) is 0 Å². The number of fused-ring (bicyclic) bond motifs is 1. The average molecular weight is 152 g/mol. The van der Waals surface area contributed by atoms with Gasteiger partial charge in [-0.25, -0.2) is 5.01 Å². The zero-order valence-corrected chi connectivity index (χ0v) is 6.92. The molecule has 0 aromatic carbocycles. The van der Waals surface area contributed by atoms with E-state index in [-0.39, 0.29) is 0 Å². The van der Waals surface area contributed by atoms with E-state index in [9.17, 15) is 0 Å². The molecular weight excluding hydrogens is 136 g/mol. The molecule has 2 heterocycles. The SMILES string of the molecule is C1=CCC2CCCNN2CC1. The van der Waals surface area contributed by atoms with Crippen molar-refractivity contribution in [2.24, 2.45) is 0 Å². The summed E-state index contributed by atoms with van der Waals surface area (Å²) in [6, 6.07) is 0.780. The molecule has 1 N–H and O–H groups in total. The van der Waals surface area contributed by atoms with E-state index in [4.69, 9.17) is 0 Å². The molecular formula is C9H16N2. The number of hydrogen-bond acceptors (Lipinski definition) is 2. The Bertz CT molecular complexity index is 154. The first-order chi connectivity index (χ1) is 5.47. The lowest BCUT2D eigenvalue weighted by molar-refractivity contribution is 0.0909. The van der Waals surface area contributed by atoms with Gasteiger partial charge in [0.25, 0.3) is 0 Å². The number of hydrazine groups is 1. The highest BCUT2D eigenvalue weighted by atomic mass is 15.5. The quantitative estimate of drug-likeness (QED) is 0.526. The number of nitrogens with one attached hydrogen (secondary N) is 1. The van der Waals surface area contributed by atoms with Crippen molar-refractivity contribution in [1.29, 1.82) is 0 Å². The van der Waals surface area contributed by atoms with Crippen molar-refractivity contribution in [2.75, 3.05) is 13.1 Å². The van der Waals surface area contributed by atoms with Crippen molar-refractivity contribution in [2.45, 2.75) is 31.7 Å². The summed E-state index contributed by atoms with van der Waals surface area (Å²) in [4.78, 5) is 0. The zero-order valence-electron chi connectivity index (χ0n) is 6.92. The Morgan fingerprint density at radius 1 is 1.36 bits per heavy atom. The van der Waals surface area contributed by atoms with Crippen LogP contribution in [-0.4, -0.2) is 24.1 Å². The van der Waals surface area contributed by atoms with Crippen LogP contribution in [0.1, 0.15) is 25.7 Å². The highest BCUT2D eigenvalue weighted by Gasteiger charge is 2.21.